The number of benzene rings is 1. The van der Waals surface area contributed by atoms with Crippen molar-refractivity contribution in [3.63, 3.8) is 0 Å². The van der Waals surface area contributed by atoms with Gasteiger partial charge in [0, 0.05) is 6.07 Å². The predicted molar refractivity (Wildman–Crippen MR) is 106 cm³/mol. The number of carbonyl (C=O) groups excluding carboxylic acids is 3. The average molecular weight is 438 g/mol. The summed E-state index contributed by atoms with van der Waals surface area (Å²) in [5, 5.41) is 11.7. The fourth-order valence-electron chi connectivity index (χ4n) is 3.05. The maximum atomic E-state index is 15.6. The van der Waals surface area contributed by atoms with Crippen molar-refractivity contribution in [2.24, 2.45) is 5.92 Å². The van der Waals surface area contributed by atoms with Gasteiger partial charge in [-0.1, -0.05) is 13.8 Å². The molecule has 1 aliphatic rings. The summed E-state index contributed by atoms with van der Waals surface area (Å²) in [5.74, 6) is -3.82. The van der Waals surface area contributed by atoms with Crippen molar-refractivity contribution in [3.05, 3.63) is 38.9 Å². The number of rotatable bonds is 8. The average Bonchev–Trinajstić information content (AvgIpc) is 3.16. The summed E-state index contributed by atoms with van der Waals surface area (Å²) in [7, 11) is 0.998. The van der Waals surface area contributed by atoms with Gasteiger partial charge in [0.2, 0.25) is 5.78 Å². The molecule has 0 amide bonds. The minimum absolute atomic E-state index is 0.0477. The molecule has 1 unspecified atom stereocenters. The standard InChI is InChI=1S/C20H23FN2O8/c1-10(2)8-30-19-15(20(26)29-5)12(23(27)28)6-13(16(19)21)22-9-31-18(11(3)4)17(22)14(25)7-24/h6-7,10,17H,8-9H2,1-5H3. The lowest BCUT2D eigenvalue weighted by molar-refractivity contribution is -0.385. The van der Waals surface area contributed by atoms with Gasteiger partial charge < -0.3 is 19.1 Å². The molecule has 0 aliphatic carbocycles. The molecule has 31 heavy (non-hydrogen) atoms. The predicted octanol–water partition coefficient (Wildman–Crippen LogP) is 2.78. The molecule has 10 nitrogen and oxygen atoms in total. The fraction of sp³-hybridized carbons (Fsp3) is 0.450. The Morgan fingerprint density at radius 1 is 1.42 bits per heavy atom. The van der Waals surface area contributed by atoms with Gasteiger partial charge in [-0.25, -0.2) is 9.18 Å². The lowest BCUT2D eigenvalue weighted by Crippen LogP contribution is -2.38. The van der Waals surface area contributed by atoms with Crippen LogP contribution >= 0.6 is 0 Å². The molecule has 0 aromatic heterocycles. The highest BCUT2D eigenvalue weighted by Crippen LogP contribution is 2.41. The second kappa shape index (κ2) is 9.54. The van der Waals surface area contributed by atoms with Crippen LogP contribution in [0.1, 0.15) is 38.1 Å². The van der Waals surface area contributed by atoms with Crippen molar-refractivity contribution < 1.29 is 37.9 Å². The molecule has 1 atom stereocenters. The number of aldehydes is 1. The van der Waals surface area contributed by atoms with E-state index in [1.807, 2.05) is 0 Å². The second-order valence-corrected chi connectivity index (χ2v) is 7.42. The van der Waals surface area contributed by atoms with E-state index in [4.69, 9.17) is 9.47 Å². The molecular formula is C20H23FN2O8. The van der Waals surface area contributed by atoms with E-state index in [1.165, 1.54) is 0 Å². The highest BCUT2D eigenvalue weighted by atomic mass is 19.1. The number of ketones is 1. The molecule has 0 spiro atoms. The molecule has 1 fully saturated rings. The van der Waals surface area contributed by atoms with Gasteiger partial charge in [0.05, 0.1) is 24.3 Å². The number of Topliss-reactive ketones (excluding diaryl/α,β-unsaturated/α-hetero) is 1. The number of anilines is 1. The second-order valence-electron chi connectivity index (χ2n) is 7.42. The Morgan fingerprint density at radius 2 is 2.06 bits per heavy atom. The summed E-state index contributed by atoms with van der Waals surface area (Å²) < 4.78 is 31.1. The van der Waals surface area contributed by atoms with Crippen LogP contribution in [-0.2, 0) is 19.1 Å². The molecule has 11 heteroatoms. The van der Waals surface area contributed by atoms with Crippen LogP contribution in [0.15, 0.2) is 17.4 Å². The first-order chi connectivity index (χ1) is 14.5. The summed E-state index contributed by atoms with van der Waals surface area (Å²) in [6, 6.07) is -0.509. The van der Waals surface area contributed by atoms with Gasteiger partial charge in [-0.15, -0.1) is 0 Å². The molecular weight excluding hydrogens is 415 g/mol. The van der Waals surface area contributed by atoms with Crippen molar-refractivity contribution in [2.45, 2.75) is 33.7 Å². The van der Waals surface area contributed by atoms with Crippen LogP contribution in [0.3, 0.4) is 0 Å². The van der Waals surface area contributed by atoms with Crippen LogP contribution in [0.4, 0.5) is 15.8 Å². The quantitative estimate of drug-likeness (QED) is 0.198. The Hall–Kier alpha value is -3.50. The summed E-state index contributed by atoms with van der Waals surface area (Å²) in [6.45, 7) is 6.42. The zero-order chi connectivity index (χ0) is 23.5. The Labute approximate surface area is 177 Å². The zero-order valence-electron chi connectivity index (χ0n) is 17.8. The third-order valence-electron chi connectivity index (χ3n) is 4.44. The highest BCUT2D eigenvalue weighted by molar-refractivity contribution is 6.29. The van der Waals surface area contributed by atoms with Gasteiger partial charge in [-0.3, -0.25) is 19.7 Å². The normalized spacial score (nSPS) is 15.5. The van der Waals surface area contributed by atoms with E-state index >= 15 is 4.39 Å². The first-order valence-electron chi connectivity index (χ1n) is 9.32. The van der Waals surface area contributed by atoms with Crippen molar-refractivity contribution in [3.8, 4) is 5.75 Å². The van der Waals surface area contributed by atoms with Crippen LogP contribution in [-0.4, -0.2) is 49.5 Å². The monoisotopic (exact) mass is 438 g/mol. The largest absolute Gasteiger partial charge is 0.489 e. The Morgan fingerprint density at radius 3 is 2.55 bits per heavy atom. The van der Waals surface area contributed by atoms with Gasteiger partial charge in [0.25, 0.3) is 5.69 Å². The Balaban J connectivity index is 2.79. The Bertz CT molecular complexity index is 953. The number of allylic oxidation sites excluding steroid dienone is 1. The number of hydrogen-bond acceptors (Lipinski definition) is 9. The van der Waals surface area contributed by atoms with E-state index in [1.54, 1.807) is 27.7 Å². The van der Waals surface area contributed by atoms with Crippen molar-refractivity contribution >= 4 is 29.4 Å². The minimum Gasteiger partial charge on any atom is -0.489 e. The SMILES string of the molecule is COC(=O)c1c([N+](=O)[O-])cc(N2COC(=C(C)C)C2C(=O)C=O)c(F)c1OCC(C)C. The number of esters is 1. The molecule has 1 saturated heterocycles. The molecule has 1 aromatic carbocycles. The molecule has 168 valence electrons. The topological polar surface area (TPSA) is 125 Å². The van der Waals surface area contributed by atoms with Crippen LogP contribution < -0.4 is 9.64 Å². The van der Waals surface area contributed by atoms with E-state index in [0.717, 1.165) is 18.1 Å². The fourth-order valence-corrected chi connectivity index (χ4v) is 3.05. The Kier molecular flexibility index (Phi) is 7.32. The number of methoxy groups -OCH3 is 1. The van der Waals surface area contributed by atoms with Crippen LogP contribution in [0.2, 0.25) is 0 Å². The third-order valence-corrected chi connectivity index (χ3v) is 4.44. The number of carbonyl (C=O) groups is 3. The van der Waals surface area contributed by atoms with E-state index < -0.39 is 51.2 Å². The number of nitrogens with zero attached hydrogens (tertiary/aromatic N) is 2. The number of halogens is 1. The van der Waals surface area contributed by atoms with Gasteiger partial charge >= 0.3 is 5.97 Å². The van der Waals surface area contributed by atoms with Gasteiger partial charge in [0.15, 0.2) is 36.2 Å². The lowest BCUT2D eigenvalue weighted by Gasteiger charge is -2.24. The van der Waals surface area contributed by atoms with Crippen molar-refractivity contribution in [2.75, 3.05) is 25.3 Å². The highest BCUT2D eigenvalue weighted by Gasteiger charge is 2.42. The molecule has 0 radical (unpaired) electrons. The molecule has 0 saturated carbocycles. The summed E-state index contributed by atoms with van der Waals surface area (Å²) in [5.41, 5.74) is -1.31. The maximum Gasteiger partial charge on any atom is 0.348 e. The summed E-state index contributed by atoms with van der Waals surface area (Å²) in [4.78, 5) is 47.6. The third kappa shape index (κ3) is 4.65. The van der Waals surface area contributed by atoms with Crippen LogP contribution in [0, 0.1) is 21.8 Å². The number of ether oxygens (including phenoxy) is 3. The number of hydrogen-bond donors (Lipinski definition) is 0. The molecule has 1 aliphatic heterocycles. The maximum absolute atomic E-state index is 15.6. The van der Waals surface area contributed by atoms with Crippen molar-refractivity contribution in [1.29, 1.82) is 0 Å². The molecule has 0 bridgehead atoms. The minimum atomic E-state index is -1.31. The van der Waals surface area contributed by atoms with Crippen LogP contribution in [0.5, 0.6) is 5.75 Å². The van der Waals surface area contributed by atoms with E-state index in [0.29, 0.717) is 5.57 Å². The van der Waals surface area contributed by atoms with Gasteiger partial charge in [-0.2, -0.15) is 0 Å². The molecule has 2 rings (SSSR count). The molecule has 1 heterocycles. The number of nitro benzene ring substituents is 1. The van der Waals surface area contributed by atoms with Crippen LogP contribution in [0.25, 0.3) is 0 Å². The molecule has 0 N–H and O–H groups in total. The van der Waals surface area contributed by atoms with E-state index in [-0.39, 0.29) is 31.3 Å². The summed E-state index contributed by atoms with van der Waals surface area (Å²) in [6.07, 6.45) is 0.0700. The zero-order valence-corrected chi connectivity index (χ0v) is 17.8. The van der Waals surface area contributed by atoms with Gasteiger partial charge in [0.1, 0.15) is 5.76 Å². The first-order valence-corrected chi connectivity index (χ1v) is 9.32. The first kappa shape index (κ1) is 23.8. The van der Waals surface area contributed by atoms with E-state index in [9.17, 15) is 24.5 Å². The molecule has 1 aromatic rings. The smallest absolute Gasteiger partial charge is 0.348 e. The lowest BCUT2D eigenvalue weighted by atomic mass is 10.0. The van der Waals surface area contributed by atoms with Gasteiger partial charge in [-0.05, 0) is 25.3 Å². The number of nitro groups is 1. The van der Waals surface area contributed by atoms with E-state index in [2.05, 4.69) is 4.74 Å². The van der Waals surface area contributed by atoms with Crippen molar-refractivity contribution in [1.82, 2.24) is 0 Å². The summed E-state index contributed by atoms with van der Waals surface area (Å²) >= 11 is 0.